The summed E-state index contributed by atoms with van der Waals surface area (Å²) in [7, 11) is 1.64. The quantitative estimate of drug-likeness (QED) is 0.630. The van der Waals surface area contributed by atoms with Gasteiger partial charge in [0, 0.05) is 5.69 Å². The molecule has 1 unspecified atom stereocenters. The van der Waals surface area contributed by atoms with E-state index >= 15 is 0 Å². The number of anilines is 2. The van der Waals surface area contributed by atoms with Gasteiger partial charge in [0.1, 0.15) is 0 Å². The number of benzene rings is 2. The second kappa shape index (κ2) is 9.36. The molecule has 2 amide bonds. The number of hydrogen-bond donors (Lipinski definition) is 3. The van der Waals surface area contributed by atoms with Gasteiger partial charge in [-0.1, -0.05) is 25.1 Å². The van der Waals surface area contributed by atoms with Crippen molar-refractivity contribution in [3.05, 3.63) is 59.4 Å². The number of rotatable bonds is 7. The van der Waals surface area contributed by atoms with Gasteiger partial charge in [-0.3, -0.25) is 9.59 Å². The number of amides is 2. The number of nitrogens with one attached hydrogen (secondary N) is 3. The Kier molecular flexibility index (Phi) is 7.17. The van der Waals surface area contributed by atoms with Crippen molar-refractivity contribution in [2.45, 2.75) is 26.3 Å². The van der Waals surface area contributed by atoms with E-state index in [1.807, 2.05) is 25.1 Å². The first-order chi connectivity index (χ1) is 13.2. The van der Waals surface area contributed by atoms with E-state index in [1.54, 1.807) is 20.0 Å². The summed E-state index contributed by atoms with van der Waals surface area (Å²) in [6.07, 6.45) is 0.762. The molecule has 0 radical (unpaired) electrons. The average molecular weight is 394 g/mol. The van der Waals surface area contributed by atoms with E-state index in [2.05, 4.69) is 10.6 Å². The van der Waals surface area contributed by atoms with Gasteiger partial charge >= 0.3 is 0 Å². The zero-order valence-electron chi connectivity index (χ0n) is 15.9. The Hall–Kier alpha value is -2.87. The van der Waals surface area contributed by atoms with Crippen molar-refractivity contribution in [3.8, 4) is 0 Å². The third kappa shape index (κ3) is 5.10. The largest absolute Gasteiger partial charge is 0.321 e. The van der Waals surface area contributed by atoms with Crippen LogP contribution >= 0.6 is 0 Å². The SMILES string of the molecule is CCc1ccccc1NC(=O)C[NH+](C)[C@@H](C)C(=O)Nc1ccc(F)c(F)c1F. The number of aryl methyl sites for hydroxylation is 1. The number of hydrogen-bond acceptors (Lipinski definition) is 2. The zero-order chi connectivity index (χ0) is 20.8. The van der Waals surface area contributed by atoms with Gasteiger partial charge in [0.2, 0.25) is 0 Å². The molecule has 0 aliphatic carbocycles. The van der Waals surface area contributed by atoms with Crippen LogP contribution < -0.4 is 15.5 Å². The van der Waals surface area contributed by atoms with Gasteiger partial charge < -0.3 is 15.5 Å². The molecule has 2 atom stereocenters. The Labute approximate surface area is 161 Å². The van der Waals surface area contributed by atoms with E-state index in [1.165, 1.54) is 0 Å². The lowest BCUT2D eigenvalue weighted by molar-refractivity contribution is -0.885. The fourth-order valence-corrected chi connectivity index (χ4v) is 2.64. The van der Waals surface area contributed by atoms with Crippen LogP contribution in [0.2, 0.25) is 0 Å². The molecule has 0 bridgehead atoms. The summed E-state index contributed by atoms with van der Waals surface area (Å²) < 4.78 is 40.0. The third-order valence-corrected chi connectivity index (χ3v) is 4.54. The number of quaternary nitrogens is 1. The summed E-state index contributed by atoms with van der Waals surface area (Å²) in [6.45, 7) is 3.52. The maximum absolute atomic E-state index is 13.7. The summed E-state index contributed by atoms with van der Waals surface area (Å²) in [5.41, 5.74) is 1.25. The van der Waals surface area contributed by atoms with Gasteiger partial charge in [-0.15, -0.1) is 0 Å². The highest BCUT2D eigenvalue weighted by Crippen LogP contribution is 2.19. The molecule has 0 aliphatic heterocycles. The first kappa shape index (κ1) is 21.4. The molecule has 5 nitrogen and oxygen atoms in total. The van der Waals surface area contributed by atoms with Crippen LogP contribution in [-0.4, -0.2) is 31.4 Å². The summed E-state index contributed by atoms with van der Waals surface area (Å²) in [4.78, 5) is 25.1. The molecule has 150 valence electrons. The Morgan fingerprint density at radius 3 is 2.36 bits per heavy atom. The number of carbonyl (C=O) groups is 2. The van der Waals surface area contributed by atoms with Crippen molar-refractivity contribution in [1.82, 2.24) is 0 Å². The maximum Gasteiger partial charge on any atom is 0.282 e. The normalized spacial score (nSPS) is 12.9. The average Bonchev–Trinajstić information content (AvgIpc) is 2.68. The van der Waals surface area contributed by atoms with Crippen molar-refractivity contribution in [2.75, 3.05) is 24.2 Å². The Balaban J connectivity index is 1.98. The van der Waals surface area contributed by atoms with E-state index in [0.29, 0.717) is 10.6 Å². The van der Waals surface area contributed by atoms with Crippen LogP contribution in [0.1, 0.15) is 19.4 Å². The number of para-hydroxylation sites is 1. The summed E-state index contributed by atoms with van der Waals surface area (Å²) in [6, 6.07) is 8.36. The van der Waals surface area contributed by atoms with Crippen molar-refractivity contribution in [2.24, 2.45) is 0 Å². The van der Waals surface area contributed by atoms with E-state index in [4.69, 9.17) is 0 Å². The molecule has 28 heavy (non-hydrogen) atoms. The molecule has 0 aromatic heterocycles. The van der Waals surface area contributed by atoms with Crippen LogP contribution in [0.15, 0.2) is 36.4 Å². The van der Waals surface area contributed by atoms with Crippen molar-refractivity contribution >= 4 is 23.2 Å². The van der Waals surface area contributed by atoms with Crippen LogP contribution in [0.25, 0.3) is 0 Å². The minimum absolute atomic E-state index is 0.00705. The monoisotopic (exact) mass is 394 g/mol. The topological polar surface area (TPSA) is 62.6 Å². The highest BCUT2D eigenvalue weighted by molar-refractivity contribution is 5.95. The van der Waals surface area contributed by atoms with Gasteiger partial charge in [-0.05, 0) is 37.1 Å². The maximum atomic E-state index is 13.7. The molecule has 8 heteroatoms. The highest BCUT2D eigenvalue weighted by Gasteiger charge is 2.26. The second-order valence-electron chi connectivity index (χ2n) is 6.52. The van der Waals surface area contributed by atoms with Crippen LogP contribution in [-0.2, 0) is 16.0 Å². The fourth-order valence-electron chi connectivity index (χ4n) is 2.64. The minimum atomic E-state index is -1.65. The van der Waals surface area contributed by atoms with Crippen molar-refractivity contribution < 1.29 is 27.7 Å². The van der Waals surface area contributed by atoms with Crippen molar-refractivity contribution in [3.63, 3.8) is 0 Å². The summed E-state index contributed by atoms with van der Waals surface area (Å²) in [5.74, 6) is -5.36. The van der Waals surface area contributed by atoms with E-state index in [0.717, 1.165) is 24.1 Å². The van der Waals surface area contributed by atoms with Gasteiger partial charge in [0.25, 0.3) is 11.8 Å². The molecule has 0 saturated carbocycles. The lowest BCUT2D eigenvalue weighted by Crippen LogP contribution is -3.14. The second-order valence-corrected chi connectivity index (χ2v) is 6.52. The van der Waals surface area contributed by atoms with Crippen LogP contribution in [0, 0.1) is 17.5 Å². The van der Waals surface area contributed by atoms with Crippen LogP contribution in [0.3, 0.4) is 0 Å². The smallest absolute Gasteiger partial charge is 0.282 e. The predicted octanol–water partition coefficient (Wildman–Crippen LogP) is 2.15. The third-order valence-electron chi connectivity index (χ3n) is 4.54. The lowest BCUT2D eigenvalue weighted by atomic mass is 10.1. The lowest BCUT2D eigenvalue weighted by Gasteiger charge is -2.21. The standard InChI is InChI=1S/C20H22F3N3O2/c1-4-13-7-5-6-8-15(13)24-17(27)11-26(3)12(2)20(28)25-16-10-9-14(21)18(22)19(16)23/h5-10,12H,4,11H2,1-3H3,(H,24,27)(H,25,28)/p+1/t12-/m0/s1. The minimum Gasteiger partial charge on any atom is -0.321 e. The van der Waals surface area contributed by atoms with Gasteiger partial charge in [0.15, 0.2) is 30.0 Å². The Morgan fingerprint density at radius 1 is 1.00 bits per heavy atom. The molecule has 0 fully saturated rings. The molecular formula is C20H23F3N3O2+. The van der Waals surface area contributed by atoms with E-state index < -0.39 is 35.1 Å². The summed E-state index contributed by atoms with van der Waals surface area (Å²) >= 11 is 0. The van der Waals surface area contributed by atoms with Crippen LogP contribution in [0.4, 0.5) is 24.5 Å². The number of halogens is 3. The molecule has 0 spiro atoms. The number of likely N-dealkylation sites (N-methyl/N-ethyl adjacent to an activating group) is 1. The molecule has 2 aromatic rings. The molecule has 0 aliphatic rings. The summed E-state index contributed by atoms with van der Waals surface area (Å²) in [5, 5.41) is 5.04. The first-order valence-corrected chi connectivity index (χ1v) is 8.89. The Bertz CT molecular complexity index is 874. The Morgan fingerprint density at radius 2 is 1.68 bits per heavy atom. The van der Waals surface area contributed by atoms with Crippen molar-refractivity contribution in [1.29, 1.82) is 0 Å². The molecular weight excluding hydrogens is 371 g/mol. The molecule has 3 N–H and O–H groups in total. The van der Waals surface area contributed by atoms with Crippen LogP contribution in [0.5, 0.6) is 0 Å². The highest BCUT2D eigenvalue weighted by atomic mass is 19.2. The molecule has 2 rings (SSSR count). The molecule has 0 saturated heterocycles. The molecule has 2 aromatic carbocycles. The van der Waals surface area contributed by atoms with Gasteiger partial charge in [-0.2, -0.15) is 0 Å². The fraction of sp³-hybridized carbons (Fsp3) is 0.300. The predicted molar refractivity (Wildman–Crippen MR) is 101 cm³/mol. The van der Waals surface area contributed by atoms with E-state index in [-0.39, 0.29) is 12.5 Å². The molecule has 0 heterocycles. The zero-order valence-corrected chi connectivity index (χ0v) is 15.9. The first-order valence-electron chi connectivity index (χ1n) is 8.89. The number of carbonyl (C=O) groups excluding carboxylic acids is 2. The van der Waals surface area contributed by atoms with Gasteiger partial charge in [-0.25, -0.2) is 13.2 Å². The van der Waals surface area contributed by atoms with Gasteiger partial charge in [0.05, 0.1) is 12.7 Å². The van der Waals surface area contributed by atoms with E-state index in [9.17, 15) is 22.8 Å².